The topological polar surface area (TPSA) is 49.8 Å². The number of nitrogens with zero attached hydrogens (tertiary/aromatic N) is 2. The van der Waals surface area contributed by atoms with Gasteiger partial charge in [0.25, 0.3) is 0 Å². The van der Waals surface area contributed by atoms with Crippen molar-refractivity contribution < 1.29 is 0 Å². The van der Waals surface area contributed by atoms with Crippen molar-refractivity contribution in [1.82, 2.24) is 9.97 Å². The maximum absolute atomic E-state index is 4.63. The molecular weight excluding hydrogens is 248 g/mol. The van der Waals surface area contributed by atoms with Crippen LogP contribution in [0.4, 0.5) is 11.6 Å². The van der Waals surface area contributed by atoms with E-state index >= 15 is 0 Å². The summed E-state index contributed by atoms with van der Waals surface area (Å²) in [5.74, 6) is 4.14. The standard InChI is InChI=1S/C16H30N4/c1-7-9-17-15-13(6)16(20-14(8-2)19-15)18-10-12(5)11(3)4/h11-12H,7-10H2,1-6H3,(H2,17,18,19,20). The lowest BCUT2D eigenvalue weighted by atomic mass is 9.98. The van der Waals surface area contributed by atoms with Gasteiger partial charge in [0.1, 0.15) is 17.5 Å². The molecule has 0 saturated carbocycles. The molecule has 114 valence electrons. The zero-order chi connectivity index (χ0) is 15.1. The Bertz CT molecular complexity index is 415. The molecule has 2 N–H and O–H groups in total. The molecule has 4 heteroatoms. The van der Waals surface area contributed by atoms with Crippen LogP contribution in [0.3, 0.4) is 0 Å². The SMILES string of the molecule is CCCNc1nc(CC)nc(NCC(C)C(C)C)c1C. The van der Waals surface area contributed by atoms with Gasteiger partial charge < -0.3 is 10.6 Å². The largest absolute Gasteiger partial charge is 0.370 e. The van der Waals surface area contributed by atoms with E-state index < -0.39 is 0 Å². The smallest absolute Gasteiger partial charge is 0.134 e. The van der Waals surface area contributed by atoms with Crippen molar-refractivity contribution in [3.63, 3.8) is 0 Å². The van der Waals surface area contributed by atoms with E-state index in [-0.39, 0.29) is 0 Å². The van der Waals surface area contributed by atoms with Gasteiger partial charge in [-0.15, -0.1) is 0 Å². The van der Waals surface area contributed by atoms with Crippen molar-refractivity contribution in [2.45, 2.75) is 54.4 Å². The Hall–Kier alpha value is -1.32. The minimum Gasteiger partial charge on any atom is -0.370 e. The van der Waals surface area contributed by atoms with Crippen LogP contribution in [0.15, 0.2) is 0 Å². The molecule has 0 radical (unpaired) electrons. The minimum absolute atomic E-state index is 0.626. The fraction of sp³-hybridized carbons (Fsp3) is 0.750. The number of nitrogens with one attached hydrogen (secondary N) is 2. The van der Waals surface area contributed by atoms with E-state index in [1.165, 1.54) is 0 Å². The third-order valence-corrected chi connectivity index (χ3v) is 3.78. The van der Waals surface area contributed by atoms with Gasteiger partial charge in [0.15, 0.2) is 0 Å². The average molecular weight is 278 g/mol. The van der Waals surface area contributed by atoms with E-state index in [9.17, 15) is 0 Å². The molecule has 0 aliphatic heterocycles. The Balaban J connectivity index is 2.87. The van der Waals surface area contributed by atoms with Crippen molar-refractivity contribution in [3.05, 3.63) is 11.4 Å². The maximum atomic E-state index is 4.63. The summed E-state index contributed by atoms with van der Waals surface area (Å²) in [6.07, 6.45) is 1.95. The fourth-order valence-electron chi connectivity index (χ4n) is 1.80. The van der Waals surface area contributed by atoms with E-state index in [4.69, 9.17) is 0 Å². The van der Waals surface area contributed by atoms with Crippen LogP contribution in [0.2, 0.25) is 0 Å². The minimum atomic E-state index is 0.626. The highest BCUT2D eigenvalue weighted by Gasteiger charge is 2.12. The van der Waals surface area contributed by atoms with Crippen LogP contribution in [0.5, 0.6) is 0 Å². The molecule has 0 aliphatic rings. The van der Waals surface area contributed by atoms with Gasteiger partial charge in [0.05, 0.1) is 0 Å². The monoisotopic (exact) mass is 278 g/mol. The summed E-state index contributed by atoms with van der Waals surface area (Å²) in [6, 6.07) is 0. The molecule has 0 amide bonds. The summed E-state index contributed by atoms with van der Waals surface area (Å²) in [6.45, 7) is 15.0. The highest BCUT2D eigenvalue weighted by molar-refractivity contribution is 5.57. The highest BCUT2D eigenvalue weighted by atomic mass is 15.1. The van der Waals surface area contributed by atoms with Crippen molar-refractivity contribution >= 4 is 11.6 Å². The summed E-state index contributed by atoms with van der Waals surface area (Å²) in [4.78, 5) is 9.22. The second-order valence-electron chi connectivity index (χ2n) is 5.84. The molecule has 0 aromatic carbocycles. The summed E-state index contributed by atoms with van der Waals surface area (Å²) in [7, 11) is 0. The molecule has 4 nitrogen and oxygen atoms in total. The summed E-state index contributed by atoms with van der Waals surface area (Å²) in [5.41, 5.74) is 1.12. The van der Waals surface area contributed by atoms with Gasteiger partial charge in [-0.3, -0.25) is 0 Å². The molecule has 1 rings (SSSR count). The van der Waals surface area contributed by atoms with Gasteiger partial charge in [-0.2, -0.15) is 0 Å². The molecule has 0 fully saturated rings. The van der Waals surface area contributed by atoms with Crippen molar-refractivity contribution in [2.24, 2.45) is 11.8 Å². The van der Waals surface area contributed by atoms with Gasteiger partial charge in [0.2, 0.25) is 0 Å². The molecule has 0 spiro atoms. The Labute approximate surface area is 123 Å². The van der Waals surface area contributed by atoms with Gasteiger partial charge in [-0.1, -0.05) is 34.6 Å². The van der Waals surface area contributed by atoms with Crippen LogP contribution in [-0.4, -0.2) is 23.1 Å². The van der Waals surface area contributed by atoms with Gasteiger partial charge >= 0.3 is 0 Å². The Morgan fingerprint density at radius 3 is 2.10 bits per heavy atom. The normalized spacial score (nSPS) is 12.6. The summed E-state index contributed by atoms with van der Waals surface area (Å²) in [5, 5.41) is 6.89. The number of hydrogen-bond acceptors (Lipinski definition) is 4. The number of aromatic nitrogens is 2. The molecule has 20 heavy (non-hydrogen) atoms. The fourth-order valence-corrected chi connectivity index (χ4v) is 1.80. The third kappa shape index (κ3) is 4.66. The maximum Gasteiger partial charge on any atom is 0.134 e. The molecule has 0 saturated heterocycles. The molecule has 1 heterocycles. The average Bonchev–Trinajstić information content (AvgIpc) is 2.44. The van der Waals surface area contributed by atoms with E-state index in [1.807, 2.05) is 0 Å². The summed E-state index contributed by atoms with van der Waals surface area (Å²) >= 11 is 0. The van der Waals surface area contributed by atoms with Crippen LogP contribution in [0.25, 0.3) is 0 Å². The first kappa shape index (κ1) is 16.7. The molecule has 1 aromatic rings. The Morgan fingerprint density at radius 2 is 1.60 bits per heavy atom. The lowest BCUT2D eigenvalue weighted by Gasteiger charge is -2.19. The van der Waals surface area contributed by atoms with Crippen LogP contribution in [0.1, 0.15) is 52.4 Å². The van der Waals surface area contributed by atoms with E-state index in [0.29, 0.717) is 11.8 Å². The van der Waals surface area contributed by atoms with Gasteiger partial charge in [-0.25, -0.2) is 9.97 Å². The van der Waals surface area contributed by atoms with Crippen molar-refractivity contribution in [2.75, 3.05) is 23.7 Å². The number of anilines is 2. The lowest BCUT2D eigenvalue weighted by Crippen LogP contribution is -2.19. The first-order chi connectivity index (χ1) is 9.49. The molecule has 1 aromatic heterocycles. The zero-order valence-corrected chi connectivity index (χ0v) is 13.9. The second-order valence-corrected chi connectivity index (χ2v) is 5.84. The molecule has 0 aliphatic carbocycles. The van der Waals surface area contributed by atoms with Crippen molar-refractivity contribution in [1.29, 1.82) is 0 Å². The predicted molar refractivity (Wildman–Crippen MR) is 87.4 cm³/mol. The van der Waals surface area contributed by atoms with Gasteiger partial charge in [0, 0.05) is 25.1 Å². The van der Waals surface area contributed by atoms with Crippen LogP contribution in [-0.2, 0) is 6.42 Å². The molecule has 1 unspecified atom stereocenters. The van der Waals surface area contributed by atoms with E-state index in [0.717, 1.165) is 49.0 Å². The first-order valence-electron chi connectivity index (χ1n) is 7.84. The Morgan fingerprint density at radius 1 is 1.00 bits per heavy atom. The lowest BCUT2D eigenvalue weighted by molar-refractivity contribution is 0.439. The van der Waals surface area contributed by atoms with E-state index in [2.05, 4.69) is 62.1 Å². The van der Waals surface area contributed by atoms with Gasteiger partial charge in [-0.05, 0) is 25.2 Å². The number of hydrogen-bond donors (Lipinski definition) is 2. The zero-order valence-electron chi connectivity index (χ0n) is 13.9. The molecule has 1 atom stereocenters. The second kappa shape index (κ2) is 8.08. The molecular formula is C16H30N4. The predicted octanol–water partition coefficient (Wildman–Crippen LogP) is 3.87. The highest BCUT2D eigenvalue weighted by Crippen LogP contribution is 2.21. The number of rotatable bonds is 8. The van der Waals surface area contributed by atoms with Crippen LogP contribution >= 0.6 is 0 Å². The van der Waals surface area contributed by atoms with E-state index in [1.54, 1.807) is 0 Å². The molecule has 0 bridgehead atoms. The summed E-state index contributed by atoms with van der Waals surface area (Å²) < 4.78 is 0. The van der Waals surface area contributed by atoms with Crippen LogP contribution in [0, 0.1) is 18.8 Å². The van der Waals surface area contributed by atoms with Crippen LogP contribution < -0.4 is 10.6 Å². The number of aryl methyl sites for hydroxylation is 1. The first-order valence-corrected chi connectivity index (χ1v) is 7.84. The Kier molecular flexibility index (Phi) is 6.76. The van der Waals surface area contributed by atoms with Crippen molar-refractivity contribution in [3.8, 4) is 0 Å². The third-order valence-electron chi connectivity index (χ3n) is 3.78. The quantitative estimate of drug-likeness (QED) is 0.758.